The number of hydrogen-bond donors (Lipinski definition) is 6. The predicted molar refractivity (Wildman–Crippen MR) is 364 cm³/mol. The number of carbonyl (C=O) groups is 1. The van der Waals surface area contributed by atoms with Crippen LogP contribution in [0, 0.1) is 0 Å². The van der Waals surface area contributed by atoms with Crippen molar-refractivity contribution in [3.8, 4) is 0 Å². The van der Waals surface area contributed by atoms with Gasteiger partial charge in [-0.05, 0) is 83.5 Å². The summed E-state index contributed by atoms with van der Waals surface area (Å²) >= 11 is 0. The Hall–Kier alpha value is -2.89. The van der Waals surface area contributed by atoms with Crippen molar-refractivity contribution in [2.45, 2.75) is 365 Å². The fourth-order valence-electron chi connectivity index (χ4n) is 11.1. The van der Waals surface area contributed by atoms with Crippen LogP contribution in [0.4, 0.5) is 0 Å². The van der Waals surface area contributed by atoms with Gasteiger partial charge in [-0.1, -0.05) is 329 Å². The zero-order valence-electron chi connectivity index (χ0n) is 55.1. The van der Waals surface area contributed by atoms with Gasteiger partial charge in [-0.15, -0.1) is 0 Å². The van der Waals surface area contributed by atoms with Crippen LogP contribution in [-0.2, 0) is 14.3 Å². The molecular formula is C76H135NO8. The van der Waals surface area contributed by atoms with Gasteiger partial charge in [0.25, 0.3) is 0 Å². The third-order valence-corrected chi connectivity index (χ3v) is 16.6. The standard InChI is InChI=1S/C76H135NO8/c1-3-5-7-9-11-13-15-17-19-21-23-25-26-27-28-29-30-31-32-33-34-35-36-37-38-39-40-41-42-43-44-46-48-50-52-54-56-58-60-62-64-66-72(80)77-69(68-84-76-75(83)74(82)73(81)71(67-78)85-76)70(79)65-63-61-59-57-55-53-51-49-47-45-24-22-20-18-16-14-12-10-8-6-4-2/h5,7,11,13,17,19,23,25,27-28,30-31,55,57,63,65,69-71,73-76,78-79,81-83H,3-4,6,8-10,12,14-16,18,20-22,24,26,29,32-54,56,58-62,64,66-68H2,1-2H3,(H,77,80)/b7-5-,13-11-,19-17-,25-23-,28-27-,31-30-,57-55+,65-63+. The molecule has 492 valence electrons. The van der Waals surface area contributed by atoms with Gasteiger partial charge in [-0.2, -0.15) is 0 Å². The molecule has 7 atom stereocenters. The lowest BCUT2D eigenvalue weighted by molar-refractivity contribution is -0.302. The first kappa shape index (κ1) is 80.1. The third-order valence-electron chi connectivity index (χ3n) is 16.6. The summed E-state index contributed by atoms with van der Waals surface area (Å²) in [4.78, 5) is 13.1. The molecular weight excluding hydrogens is 1050 g/mol. The number of unbranched alkanes of at least 4 members (excludes halogenated alkanes) is 38. The van der Waals surface area contributed by atoms with Crippen LogP contribution in [0.25, 0.3) is 0 Å². The Labute approximate surface area is 523 Å². The second-order valence-corrected chi connectivity index (χ2v) is 24.6. The first-order chi connectivity index (χ1) is 41.8. The number of aliphatic hydroxyl groups is 5. The molecule has 0 saturated carbocycles. The quantitative estimate of drug-likeness (QED) is 0.0261. The Morgan fingerprint density at radius 2 is 0.741 bits per heavy atom. The molecule has 85 heavy (non-hydrogen) atoms. The molecule has 0 spiro atoms. The average Bonchev–Trinajstić information content (AvgIpc) is 3.68. The highest BCUT2D eigenvalue weighted by molar-refractivity contribution is 5.76. The van der Waals surface area contributed by atoms with E-state index < -0.39 is 49.5 Å². The number of allylic oxidation sites excluding steroid dienone is 15. The largest absolute Gasteiger partial charge is 0.394 e. The van der Waals surface area contributed by atoms with Gasteiger partial charge in [-0.25, -0.2) is 0 Å². The molecule has 1 amide bonds. The van der Waals surface area contributed by atoms with E-state index in [1.54, 1.807) is 6.08 Å². The molecule has 7 unspecified atom stereocenters. The van der Waals surface area contributed by atoms with Gasteiger partial charge < -0.3 is 40.3 Å². The summed E-state index contributed by atoms with van der Waals surface area (Å²) in [6.07, 6.45) is 86.7. The summed E-state index contributed by atoms with van der Waals surface area (Å²) in [7, 11) is 0. The predicted octanol–water partition coefficient (Wildman–Crippen LogP) is 19.9. The van der Waals surface area contributed by atoms with Crippen molar-refractivity contribution in [1.82, 2.24) is 5.32 Å². The van der Waals surface area contributed by atoms with E-state index in [1.807, 2.05) is 6.08 Å². The van der Waals surface area contributed by atoms with E-state index >= 15 is 0 Å². The second kappa shape index (κ2) is 64.1. The van der Waals surface area contributed by atoms with Crippen LogP contribution < -0.4 is 5.32 Å². The van der Waals surface area contributed by atoms with E-state index in [0.717, 1.165) is 77.0 Å². The molecule has 1 fully saturated rings. The van der Waals surface area contributed by atoms with E-state index in [9.17, 15) is 30.3 Å². The summed E-state index contributed by atoms with van der Waals surface area (Å²) in [5.41, 5.74) is 0. The Morgan fingerprint density at radius 1 is 0.412 bits per heavy atom. The van der Waals surface area contributed by atoms with Crippen LogP contribution >= 0.6 is 0 Å². The molecule has 0 aromatic carbocycles. The molecule has 0 bridgehead atoms. The summed E-state index contributed by atoms with van der Waals surface area (Å²) in [5, 5.41) is 54.7. The number of ether oxygens (including phenoxy) is 2. The zero-order chi connectivity index (χ0) is 61.4. The lowest BCUT2D eigenvalue weighted by Gasteiger charge is -2.40. The molecule has 6 N–H and O–H groups in total. The van der Waals surface area contributed by atoms with Gasteiger partial charge in [0.2, 0.25) is 5.91 Å². The normalized spacial score (nSPS) is 18.7. The van der Waals surface area contributed by atoms with Crippen molar-refractivity contribution in [1.29, 1.82) is 0 Å². The van der Waals surface area contributed by atoms with Gasteiger partial charge in [0, 0.05) is 6.42 Å². The Kier molecular flexibility index (Phi) is 60.4. The summed E-state index contributed by atoms with van der Waals surface area (Å²) in [6.45, 7) is 3.68. The van der Waals surface area contributed by atoms with E-state index in [4.69, 9.17) is 9.47 Å². The topological polar surface area (TPSA) is 149 Å². The van der Waals surface area contributed by atoms with Gasteiger partial charge in [0.15, 0.2) is 6.29 Å². The first-order valence-electron chi connectivity index (χ1n) is 36.0. The maximum Gasteiger partial charge on any atom is 0.220 e. The number of hydrogen-bond acceptors (Lipinski definition) is 8. The smallest absolute Gasteiger partial charge is 0.220 e. The van der Waals surface area contributed by atoms with Gasteiger partial charge >= 0.3 is 0 Å². The minimum absolute atomic E-state index is 0.183. The number of carbonyl (C=O) groups excluding carboxylic acids is 1. The monoisotopic (exact) mass is 1190 g/mol. The molecule has 0 radical (unpaired) electrons. The van der Waals surface area contributed by atoms with E-state index in [1.165, 1.54) is 225 Å². The van der Waals surface area contributed by atoms with Crippen LogP contribution in [0.15, 0.2) is 97.2 Å². The highest BCUT2D eigenvalue weighted by Gasteiger charge is 2.44. The lowest BCUT2D eigenvalue weighted by Crippen LogP contribution is -2.60. The summed E-state index contributed by atoms with van der Waals surface area (Å²) in [5.74, 6) is -0.183. The maximum absolute atomic E-state index is 13.1. The van der Waals surface area contributed by atoms with E-state index in [2.05, 4.69) is 104 Å². The Balaban J connectivity index is 2.08. The molecule has 9 heteroatoms. The summed E-state index contributed by atoms with van der Waals surface area (Å²) in [6, 6.07) is -0.825. The van der Waals surface area contributed by atoms with Crippen molar-refractivity contribution in [3.63, 3.8) is 0 Å². The number of amides is 1. The van der Waals surface area contributed by atoms with Crippen LogP contribution in [0.2, 0.25) is 0 Å². The van der Waals surface area contributed by atoms with Crippen LogP contribution in [0.1, 0.15) is 322 Å². The van der Waals surface area contributed by atoms with Crippen molar-refractivity contribution < 1.29 is 39.8 Å². The lowest BCUT2D eigenvalue weighted by atomic mass is 9.99. The fraction of sp³-hybridized carbons (Fsp3) is 0.776. The maximum atomic E-state index is 13.1. The van der Waals surface area contributed by atoms with Gasteiger partial charge in [-0.3, -0.25) is 4.79 Å². The summed E-state index contributed by atoms with van der Waals surface area (Å²) < 4.78 is 11.3. The highest BCUT2D eigenvalue weighted by Crippen LogP contribution is 2.23. The van der Waals surface area contributed by atoms with Gasteiger partial charge in [0.05, 0.1) is 25.4 Å². The van der Waals surface area contributed by atoms with Crippen LogP contribution in [0.5, 0.6) is 0 Å². The van der Waals surface area contributed by atoms with Crippen molar-refractivity contribution >= 4 is 5.91 Å². The van der Waals surface area contributed by atoms with E-state index in [0.29, 0.717) is 6.42 Å². The Morgan fingerprint density at radius 3 is 1.13 bits per heavy atom. The van der Waals surface area contributed by atoms with Crippen LogP contribution in [-0.4, -0.2) is 87.5 Å². The number of nitrogens with one attached hydrogen (secondary N) is 1. The van der Waals surface area contributed by atoms with Crippen molar-refractivity contribution in [2.24, 2.45) is 0 Å². The fourth-order valence-corrected chi connectivity index (χ4v) is 11.1. The number of rotatable bonds is 62. The number of aliphatic hydroxyl groups excluding tert-OH is 5. The minimum atomic E-state index is -1.57. The molecule has 1 saturated heterocycles. The third kappa shape index (κ3) is 52.7. The van der Waals surface area contributed by atoms with Gasteiger partial charge in [0.1, 0.15) is 24.4 Å². The molecule has 1 aliphatic heterocycles. The molecule has 9 nitrogen and oxygen atoms in total. The molecule has 0 aliphatic carbocycles. The molecule has 0 aromatic rings. The molecule has 1 rings (SSSR count). The van der Waals surface area contributed by atoms with E-state index in [-0.39, 0.29) is 12.5 Å². The first-order valence-corrected chi connectivity index (χ1v) is 36.0. The Bertz CT molecular complexity index is 1670. The SMILES string of the molecule is CC/C=C\C/C=C\C/C=C\C/C=C\C/C=C\C/C=C\CCCCCCCCCCCCCCCCCCCCCCCCC(=O)NC(COC1OC(CO)C(O)C(O)C1O)C(O)/C=C/CC/C=C/CCCCCCCCCCCCCCCCC. The molecule has 0 aromatic heterocycles. The van der Waals surface area contributed by atoms with Crippen molar-refractivity contribution in [3.05, 3.63) is 97.2 Å². The average molecular weight is 1190 g/mol. The van der Waals surface area contributed by atoms with Crippen molar-refractivity contribution in [2.75, 3.05) is 13.2 Å². The molecule has 1 heterocycles. The van der Waals surface area contributed by atoms with Crippen LogP contribution in [0.3, 0.4) is 0 Å². The zero-order valence-corrected chi connectivity index (χ0v) is 55.1. The second-order valence-electron chi connectivity index (χ2n) is 24.6. The molecule has 1 aliphatic rings. The highest BCUT2D eigenvalue weighted by atomic mass is 16.7. The minimum Gasteiger partial charge on any atom is -0.394 e.